The van der Waals surface area contributed by atoms with Crippen LogP contribution in [0.25, 0.3) is 0 Å². The van der Waals surface area contributed by atoms with Gasteiger partial charge in [0.05, 0.1) is 13.2 Å². The fraction of sp³-hybridized carbons (Fsp3) is 0.333. The quantitative estimate of drug-likeness (QED) is 0.788. The minimum Gasteiger partial charge on any atom is -0.489 e. The maximum Gasteiger partial charge on any atom is 0.355 e. The van der Waals surface area contributed by atoms with Gasteiger partial charge in [-0.15, -0.1) is 0 Å². The first-order valence-electron chi connectivity index (χ1n) is 7.80. The van der Waals surface area contributed by atoms with Crippen molar-refractivity contribution in [3.8, 4) is 5.75 Å². The Morgan fingerprint density at radius 3 is 2.42 bits per heavy atom. The molecule has 2 rings (SSSR count). The first-order chi connectivity index (χ1) is 11.5. The molecule has 0 unspecified atom stereocenters. The first kappa shape index (κ1) is 17.6. The summed E-state index contributed by atoms with van der Waals surface area (Å²) in [6.45, 7) is 6.02. The molecule has 24 heavy (non-hydrogen) atoms. The molecule has 1 heterocycles. The van der Waals surface area contributed by atoms with Crippen LogP contribution in [-0.2, 0) is 16.1 Å². The number of hydrogen-bond acceptors (Lipinski definition) is 5. The number of benzene rings is 1. The summed E-state index contributed by atoms with van der Waals surface area (Å²) in [5, 5.41) is 0. The number of rotatable bonds is 7. The zero-order valence-electron chi connectivity index (χ0n) is 14.0. The molecule has 0 aliphatic rings. The monoisotopic (exact) mass is 331 g/mol. The van der Waals surface area contributed by atoms with E-state index in [9.17, 15) is 9.59 Å². The van der Waals surface area contributed by atoms with Gasteiger partial charge < -0.3 is 19.2 Å². The number of aromatic amines is 1. The number of hydrogen-bond donors (Lipinski definition) is 1. The van der Waals surface area contributed by atoms with Gasteiger partial charge in [-0.25, -0.2) is 9.59 Å². The maximum atomic E-state index is 12.1. The molecule has 1 aromatic heterocycles. The second kappa shape index (κ2) is 8.19. The van der Waals surface area contributed by atoms with Crippen LogP contribution in [0.5, 0.6) is 5.75 Å². The third kappa shape index (κ3) is 4.38. The highest BCUT2D eigenvalue weighted by atomic mass is 16.5. The van der Waals surface area contributed by atoms with Gasteiger partial charge in [0.2, 0.25) is 0 Å². The highest BCUT2D eigenvalue weighted by Crippen LogP contribution is 2.18. The van der Waals surface area contributed by atoms with Crippen LogP contribution in [0, 0.1) is 6.92 Å². The van der Waals surface area contributed by atoms with Crippen molar-refractivity contribution in [2.75, 3.05) is 13.2 Å². The zero-order chi connectivity index (χ0) is 17.5. The molecule has 0 spiro atoms. The second-order valence-electron chi connectivity index (χ2n) is 5.13. The van der Waals surface area contributed by atoms with Crippen molar-refractivity contribution < 1.29 is 23.8 Å². The fourth-order valence-electron chi connectivity index (χ4n) is 2.18. The summed E-state index contributed by atoms with van der Waals surface area (Å²) < 4.78 is 15.7. The third-order valence-electron chi connectivity index (χ3n) is 3.26. The molecule has 0 amide bonds. The second-order valence-corrected chi connectivity index (χ2v) is 5.13. The van der Waals surface area contributed by atoms with E-state index in [1.165, 1.54) is 0 Å². The lowest BCUT2D eigenvalue weighted by atomic mass is 10.2. The zero-order valence-corrected chi connectivity index (χ0v) is 14.0. The summed E-state index contributed by atoms with van der Waals surface area (Å²) in [7, 11) is 0. The molecule has 1 N–H and O–H groups in total. The summed E-state index contributed by atoms with van der Waals surface area (Å²) in [5.41, 5.74) is 2.01. The van der Waals surface area contributed by atoms with E-state index in [0.717, 1.165) is 5.56 Å². The van der Waals surface area contributed by atoms with E-state index in [0.29, 0.717) is 11.3 Å². The Morgan fingerprint density at radius 2 is 1.75 bits per heavy atom. The molecule has 0 radical (unpaired) electrons. The van der Waals surface area contributed by atoms with E-state index in [2.05, 4.69) is 4.98 Å². The number of aryl methyl sites for hydroxylation is 1. The minimum absolute atomic E-state index is 0.132. The Hall–Kier alpha value is -2.76. The van der Waals surface area contributed by atoms with Gasteiger partial charge in [-0.05, 0) is 44.5 Å². The molecule has 1 aromatic carbocycles. The van der Waals surface area contributed by atoms with Crippen molar-refractivity contribution in [1.29, 1.82) is 0 Å². The van der Waals surface area contributed by atoms with Crippen LogP contribution in [0.3, 0.4) is 0 Å². The summed E-state index contributed by atoms with van der Waals surface area (Å²) >= 11 is 0. The molecule has 0 aliphatic heterocycles. The molecule has 128 valence electrons. The van der Waals surface area contributed by atoms with Gasteiger partial charge >= 0.3 is 11.9 Å². The number of aromatic nitrogens is 1. The molecule has 6 nitrogen and oxygen atoms in total. The standard InChI is InChI=1S/C18H21NO5/c1-4-22-17(20)15-10-13(16(19-15)18(21)23-5-2)11-24-14-8-6-7-12(3)9-14/h6-10,19H,4-5,11H2,1-3H3. The van der Waals surface area contributed by atoms with E-state index < -0.39 is 11.9 Å². The number of carbonyl (C=O) groups is 2. The Bertz CT molecular complexity index is 720. The van der Waals surface area contributed by atoms with Gasteiger partial charge in [-0.2, -0.15) is 0 Å². The molecule has 0 saturated carbocycles. The maximum absolute atomic E-state index is 12.1. The van der Waals surface area contributed by atoms with E-state index in [1.54, 1.807) is 19.9 Å². The molecular formula is C18H21NO5. The summed E-state index contributed by atoms with van der Waals surface area (Å²) in [6, 6.07) is 9.13. The largest absolute Gasteiger partial charge is 0.489 e. The van der Waals surface area contributed by atoms with Crippen LogP contribution >= 0.6 is 0 Å². The Kier molecular flexibility index (Phi) is 6.01. The van der Waals surface area contributed by atoms with Gasteiger partial charge in [0, 0.05) is 5.56 Å². The van der Waals surface area contributed by atoms with Gasteiger partial charge in [-0.1, -0.05) is 12.1 Å². The molecule has 0 bridgehead atoms. The van der Waals surface area contributed by atoms with Crippen molar-refractivity contribution in [2.24, 2.45) is 0 Å². The highest BCUT2D eigenvalue weighted by Gasteiger charge is 2.20. The van der Waals surface area contributed by atoms with E-state index in [-0.39, 0.29) is 31.2 Å². The number of esters is 2. The Labute approximate surface area is 140 Å². The van der Waals surface area contributed by atoms with Crippen molar-refractivity contribution in [3.05, 3.63) is 52.8 Å². The van der Waals surface area contributed by atoms with Gasteiger partial charge in [-0.3, -0.25) is 0 Å². The Balaban J connectivity index is 2.22. The van der Waals surface area contributed by atoms with Crippen LogP contribution in [0.15, 0.2) is 30.3 Å². The molecule has 6 heteroatoms. The van der Waals surface area contributed by atoms with Gasteiger partial charge in [0.15, 0.2) is 0 Å². The van der Waals surface area contributed by atoms with Crippen LogP contribution in [0.4, 0.5) is 0 Å². The van der Waals surface area contributed by atoms with Crippen molar-refractivity contribution in [1.82, 2.24) is 4.98 Å². The predicted molar refractivity (Wildman–Crippen MR) is 88.2 cm³/mol. The van der Waals surface area contributed by atoms with E-state index in [4.69, 9.17) is 14.2 Å². The average Bonchev–Trinajstić information content (AvgIpc) is 2.98. The Morgan fingerprint density at radius 1 is 1.04 bits per heavy atom. The van der Waals surface area contributed by atoms with Crippen LogP contribution in [-0.4, -0.2) is 30.1 Å². The van der Waals surface area contributed by atoms with Crippen molar-refractivity contribution in [3.63, 3.8) is 0 Å². The van der Waals surface area contributed by atoms with Crippen molar-refractivity contribution >= 4 is 11.9 Å². The van der Waals surface area contributed by atoms with Gasteiger partial charge in [0.25, 0.3) is 0 Å². The minimum atomic E-state index is -0.532. The summed E-state index contributed by atoms with van der Waals surface area (Å²) in [6.07, 6.45) is 0. The highest BCUT2D eigenvalue weighted by molar-refractivity contribution is 5.94. The van der Waals surface area contributed by atoms with Crippen LogP contribution < -0.4 is 4.74 Å². The molecule has 0 fully saturated rings. The number of nitrogens with one attached hydrogen (secondary N) is 1. The number of ether oxygens (including phenoxy) is 3. The smallest absolute Gasteiger partial charge is 0.355 e. The first-order valence-corrected chi connectivity index (χ1v) is 7.80. The molecule has 0 atom stereocenters. The predicted octanol–water partition coefficient (Wildman–Crippen LogP) is 3.26. The van der Waals surface area contributed by atoms with Crippen LogP contribution in [0.1, 0.15) is 46.0 Å². The van der Waals surface area contributed by atoms with E-state index in [1.807, 2.05) is 31.2 Å². The SMILES string of the molecule is CCOC(=O)c1cc(COc2cccc(C)c2)c(C(=O)OCC)[nH]1. The van der Waals surface area contributed by atoms with Crippen LogP contribution in [0.2, 0.25) is 0 Å². The van der Waals surface area contributed by atoms with E-state index >= 15 is 0 Å². The van der Waals surface area contributed by atoms with Gasteiger partial charge in [0.1, 0.15) is 23.7 Å². The molecule has 0 aliphatic carbocycles. The van der Waals surface area contributed by atoms with Crippen molar-refractivity contribution in [2.45, 2.75) is 27.4 Å². The topological polar surface area (TPSA) is 77.6 Å². The number of H-pyrrole nitrogens is 1. The molecule has 2 aromatic rings. The molecular weight excluding hydrogens is 310 g/mol. The molecule has 0 saturated heterocycles. The number of carbonyl (C=O) groups excluding carboxylic acids is 2. The lowest BCUT2D eigenvalue weighted by Gasteiger charge is -2.07. The lowest BCUT2D eigenvalue weighted by molar-refractivity contribution is 0.0514. The third-order valence-corrected chi connectivity index (χ3v) is 3.26. The summed E-state index contributed by atoms with van der Waals surface area (Å²) in [4.78, 5) is 26.7. The lowest BCUT2D eigenvalue weighted by Crippen LogP contribution is -2.10. The average molecular weight is 331 g/mol. The normalized spacial score (nSPS) is 10.3. The fourth-order valence-corrected chi connectivity index (χ4v) is 2.18. The summed E-state index contributed by atoms with van der Waals surface area (Å²) in [5.74, 6) is -0.371.